The summed E-state index contributed by atoms with van der Waals surface area (Å²) in [5.41, 5.74) is 0.210. The Balaban J connectivity index is 2.16. The number of rotatable bonds is 5. The molecule has 1 saturated carbocycles. The van der Waals surface area contributed by atoms with Crippen molar-refractivity contribution in [2.75, 3.05) is 0 Å². The molecule has 1 aliphatic rings. The number of aliphatic carboxylic acids is 1. The summed E-state index contributed by atoms with van der Waals surface area (Å²) < 4.78 is 0. The van der Waals surface area contributed by atoms with Crippen molar-refractivity contribution < 1.29 is 14.7 Å². The fourth-order valence-electron chi connectivity index (χ4n) is 1.55. The first-order valence-electron chi connectivity index (χ1n) is 5.60. The minimum atomic E-state index is -0.836. The first-order chi connectivity index (χ1) is 7.31. The van der Waals surface area contributed by atoms with Crippen LogP contribution in [0.4, 0.5) is 4.79 Å². The van der Waals surface area contributed by atoms with Crippen LogP contribution in [0.25, 0.3) is 0 Å². The number of carbonyl (C=O) groups is 2. The van der Waals surface area contributed by atoms with Gasteiger partial charge in [0.15, 0.2) is 0 Å². The maximum absolute atomic E-state index is 11.5. The molecular formula is C11H20N2O3. The van der Waals surface area contributed by atoms with Crippen LogP contribution in [0, 0.1) is 5.41 Å². The van der Waals surface area contributed by atoms with Crippen LogP contribution in [0.2, 0.25) is 0 Å². The molecule has 1 aliphatic carbocycles. The van der Waals surface area contributed by atoms with Gasteiger partial charge in [-0.05, 0) is 25.2 Å². The molecule has 0 aromatic heterocycles. The van der Waals surface area contributed by atoms with E-state index in [1.165, 1.54) is 0 Å². The van der Waals surface area contributed by atoms with Gasteiger partial charge in [0.05, 0.1) is 0 Å². The van der Waals surface area contributed by atoms with Crippen molar-refractivity contribution in [2.45, 2.75) is 52.1 Å². The second-order valence-electron chi connectivity index (χ2n) is 5.20. The molecule has 1 fully saturated rings. The molecule has 3 N–H and O–H groups in total. The lowest BCUT2D eigenvalue weighted by atomic mass is 10.2. The number of nitrogens with one attached hydrogen (secondary N) is 2. The van der Waals surface area contributed by atoms with E-state index in [2.05, 4.69) is 24.5 Å². The molecule has 2 atom stereocenters. The van der Waals surface area contributed by atoms with Crippen molar-refractivity contribution in [1.82, 2.24) is 10.6 Å². The summed E-state index contributed by atoms with van der Waals surface area (Å²) in [5, 5.41) is 14.1. The molecule has 0 bridgehead atoms. The van der Waals surface area contributed by atoms with Gasteiger partial charge in [-0.2, -0.15) is 0 Å². The Kier molecular flexibility index (Phi) is 3.78. The molecule has 16 heavy (non-hydrogen) atoms. The Labute approximate surface area is 95.6 Å². The molecule has 2 unspecified atom stereocenters. The van der Waals surface area contributed by atoms with Crippen molar-refractivity contribution in [3.05, 3.63) is 0 Å². The molecule has 5 heteroatoms. The summed E-state index contributed by atoms with van der Waals surface area (Å²) in [6.45, 7) is 6.01. The maximum atomic E-state index is 11.5. The van der Waals surface area contributed by atoms with E-state index in [-0.39, 0.29) is 30.0 Å². The van der Waals surface area contributed by atoms with Gasteiger partial charge in [0.1, 0.15) is 0 Å². The van der Waals surface area contributed by atoms with Crippen molar-refractivity contribution in [3.63, 3.8) is 0 Å². The summed E-state index contributed by atoms with van der Waals surface area (Å²) >= 11 is 0. The Morgan fingerprint density at radius 2 is 2.06 bits per heavy atom. The van der Waals surface area contributed by atoms with E-state index in [4.69, 9.17) is 5.11 Å². The minimum absolute atomic E-state index is 0.0797. The third-order valence-corrected chi connectivity index (χ3v) is 2.99. The molecule has 0 aromatic rings. The van der Waals surface area contributed by atoms with Crippen molar-refractivity contribution >= 4 is 12.0 Å². The number of hydrogen-bond acceptors (Lipinski definition) is 2. The van der Waals surface area contributed by atoms with Gasteiger partial charge >= 0.3 is 12.0 Å². The van der Waals surface area contributed by atoms with Crippen LogP contribution in [-0.4, -0.2) is 29.2 Å². The van der Waals surface area contributed by atoms with Gasteiger partial charge in [0.25, 0.3) is 0 Å². The van der Waals surface area contributed by atoms with Gasteiger partial charge in [-0.3, -0.25) is 4.79 Å². The third kappa shape index (κ3) is 4.08. The number of amides is 2. The Morgan fingerprint density at radius 3 is 2.50 bits per heavy atom. The Bertz CT molecular complexity index is 289. The lowest BCUT2D eigenvalue weighted by molar-refractivity contribution is -0.137. The van der Waals surface area contributed by atoms with Crippen LogP contribution in [-0.2, 0) is 4.79 Å². The van der Waals surface area contributed by atoms with Gasteiger partial charge in [-0.25, -0.2) is 4.79 Å². The highest BCUT2D eigenvalue weighted by atomic mass is 16.4. The molecule has 5 nitrogen and oxygen atoms in total. The summed E-state index contributed by atoms with van der Waals surface area (Å²) in [5.74, 6) is -0.836. The van der Waals surface area contributed by atoms with Crippen LogP contribution in [0.3, 0.4) is 0 Å². The van der Waals surface area contributed by atoms with Crippen LogP contribution in [0.5, 0.6) is 0 Å². The summed E-state index contributed by atoms with van der Waals surface area (Å²) in [4.78, 5) is 21.8. The van der Waals surface area contributed by atoms with Crippen molar-refractivity contribution in [2.24, 2.45) is 5.41 Å². The smallest absolute Gasteiger partial charge is 0.315 e. The standard InChI is InChI=1S/C11H20N2O3/c1-7(4-5-9(14)15)12-10(16)13-8-6-11(8,2)3/h7-8H,4-6H2,1-3H3,(H,14,15)(H2,12,13,16). The molecule has 0 aromatic carbocycles. The van der Waals surface area contributed by atoms with E-state index < -0.39 is 5.97 Å². The summed E-state index contributed by atoms with van der Waals surface area (Å²) in [6.07, 6.45) is 1.54. The fourth-order valence-corrected chi connectivity index (χ4v) is 1.55. The van der Waals surface area contributed by atoms with Crippen molar-refractivity contribution in [1.29, 1.82) is 0 Å². The SMILES string of the molecule is CC(CCC(=O)O)NC(=O)NC1CC1(C)C. The number of hydrogen-bond donors (Lipinski definition) is 3. The monoisotopic (exact) mass is 228 g/mol. The van der Waals surface area contributed by atoms with E-state index in [1.807, 2.05) is 0 Å². The zero-order valence-corrected chi connectivity index (χ0v) is 10.0. The maximum Gasteiger partial charge on any atom is 0.315 e. The van der Waals surface area contributed by atoms with Gasteiger partial charge in [-0.1, -0.05) is 13.8 Å². The van der Waals surface area contributed by atoms with Gasteiger partial charge in [-0.15, -0.1) is 0 Å². The highest BCUT2D eigenvalue weighted by molar-refractivity contribution is 5.75. The molecule has 1 rings (SSSR count). The predicted molar refractivity (Wildman–Crippen MR) is 60.2 cm³/mol. The van der Waals surface area contributed by atoms with Crippen LogP contribution in [0.15, 0.2) is 0 Å². The molecule has 2 amide bonds. The fraction of sp³-hybridized carbons (Fsp3) is 0.818. The second kappa shape index (κ2) is 4.72. The van der Waals surface area contributed by atoms with Gasteiger partial charge in [0, 0.05) is 18.5 Å². The first-order valence-corrected chi connectivity index (χ1v) is 5.60. The van der Waals surface area contributed by atoms with E-state index in [0.717, 1.165) is 6.42 Å². The normalized spacial score (nSPS) is 23.3. The Morgan fingerprint density at radius 1 is 1.50 bits per heavy atom. The second-order valence-corrected chi connectivity index (χ2v) is 5.20. The van der Waals surface area contributed by atoms with E-state index in [0.29, 0.717) is 6.42 Å². The minimum Gasteiger partial charge on any atom is -0.481 e. The van der Waals surface area contributed by atoms with Gasteiger partial charge in [0.2, 0.25) is 0 Å². The largest absolute Gasteiger partial charge is 0.481 e. The molecule has 92 valence electrons. The van der Waals surface area contributed by atoms with E-state index in [1.54, 1.807) is 6.92 Å². The summed E-state index contributed by atoms with van der Waals surface area (Å²) in [7, 11) is 0. The van der Waals surface area contributed by atoms with E-state index >= 15 is 0 Å². The van der Waals surface area contributed by atoms with Crippen molar-refractivity contribution in [3.8, 4) is 0 Å². The van der Waals surface area contributed by atoms with Crippen LogP contribution >= 0.6 is 0 Å². The molecule has 0 radical (unpaired) electrons. The molecule has 0 aliphatic heterocycles. The first kappa shape index (κ1) is 12.8. The highest BCUT2D eigenvalue weighted by Gasteiger charge is 2.46. The highest BCUT2D eigenvalue weighted by Crippen LogP contribution is 2.44. The van der Waals surface area contributed by atoms with Crippen LogP contribution < -0.4 is 10.6 Å². The third-order valence-electron chi connectivity index (χ3n) is 2.99. The molecule has 0 heterocycles. The van der Waals surface area contributed by atoms with E-state index in [9.17, 15) is 9.59 Å². The average Bonchev–Trinajstić information content (AvgIpc) is 2.69. The molecular weight excluding hydrogens is 208 g/mol. The lowest BCUT2D eigenvalue weighted by Crippen LogP contribution is -2.42. The topological polar surface area (TPSA) is 78.4 Å². The average molecular weight is 228 g/mol. The number of carboxylic acids is 1. The predicted octanol–water partition coefficient (Wildman–Crippen LogP) is 1.34. The number of carboxylic acid groups (broad SMARTS) is 1. The zero-order chi connectivity index (χ0) is 12.3. The quantitative estimate of drug-likeness (QED) is 0.664. The number of carbonyl (C=O) groups excluding carboxylic acids is 1. The van der Waals surface area contributed by atoms with Crippen LogP contribution in [0.1, 0.15) is 40.0 Å². The lowest BCUT2D eigenvalue weighted by Gasteiger charge is -2.14. The zero-order valence-electron chi connectivity index (χ0n) is 10.0. The molecule has 0 saturated heterocycles. The number of urea groups is 1. The van der Waals surface area contributed by atoms with Gasteiger partial charge < -0.3 is 15.7 Å². The molecule has 0 spiro atoms. The Hall–Kier alpha value is -1.26. The summed E-state index contributed by atoms with van der Waals surface area (Å²) in [6, 6.07) is -0.0643.